The van der Waals surface area contributed by atoms with Crippen molar-refractivity contribution in [1.29, 1.82) is 0 Å². The standard InChI is InChI=1S/C50H76ClFN2O3/c1-33(2)37-18-25-50(42(55)31-54(29-28-53(8)9)30-34-10-12-36(51)13-11-34)27-26-47(6)39(43(37)50)14-15-41-46(5)21-19-38(45(3,4)40(46)20-22-48(41,47)7)35-16-23-49(32-52,24-17-35)44(56)57/h10-13,16,19,33,37,39-43,55H,14-15,17-18,20-32H2,1-9H3,(H,56,57)/t37-,39+,40-,41+,42+,43+,46-,47+,48+,49-,50+/m0/s1. The lowest BCUT2D eigenvalue weighted by Gasteiger charge is -2.73. The molecular weight excluding hydrogens is 731 g/mol. The van der Waals surface area contributed by atoms with Gasteiger partial charge in [-0.15, -0.1) is 0 Å². The smallest absolute Gasteiger partial charge is 0.312 e. The Bertz CT molecular complexity index is 1710. The number of hydrogen-bond donors (Lipinski definition) is 2. The summed E-state index contributed by atoms with van der Waals surface area (Å²) in [7, 11) is 4.28. The van der Waals surface area contributed by atoms with Crippen molar-refractivity contribution in [3.63, 3.8) is 0 Å². The molecule has 0 heterocycles. The van der Waals surface area contributed by atoms with Crippen LogP contribution in [0.3, 0.4) is 0 Å². The van der Waals surface area contributed by atoms with Crippen LogP contribution in [0.1, 0.15) is 131 Å². The van der Waals surface area contributed by atoms with E-state index in [2.05, 4.69) is 96.6 Å². The quantitative estimate of drug-likeness (QED) is 0.220. The topological polar surface area (TPSA) is 64.0 Å². The number of carbonyl (C=O) groups is 1. The number of benzene rings is 1. The summed E-state index contributed by atoms with van der Waals surface area (Å²) in [6.45, 7) is 20.5. The van der Waals surface area contributed by atoms with Crippen LogP contribution in [0.15, 0.2) is 47.6 Å². The lowest BCUT2D eigenvalue weighted by atomic mass is 9.32. The van der Waals surface area contributed by atoms with Gasteiger partial charge in [0.1, 0.15) is 6.67 Å². The second-order valence-corrected chi connectivity index (χ2v) is 22.7. The predicted octanol–water partition coefficient (Wildman–Crippen LogP) is 11.5. The van der Waals surface area contributed by atoms with Crippen LogP contribution < -0.4 is 0 Å². The highest BCUT2D eigenvalue weighted by Gasteiger charge is 2.71. The van der Waals surface area contributed by atoms with Gasteiger partial charge in [-0.3, -0.25) is 9.69 Å². The average Bonchev–Trinajstić information content (AvgIpc) is 3.56. The summed E-state index contributed by atoms with van der Waals surface area (Å²) in [5.41, 5.74) is 3.22. The summed E-state index contributed by atoms with van der Waals surface area (Å²) in [6.07, 6.45) is 16.4. The number of nitrogens with zero attached hydrogens (tertiary/aromatic N) is 2. The number of fused-ring (bicyclic) bond motifs is 7. The van der Waals surface area contributed by atoms with Gasteiger partial charge in [-0.2, -0.15) is 0 Å². The number of hydrogen-bond acceptors (Lipinski definition) is 4. The lowest BCUT2D eigenvalue weighted by molar-refractivity contribution is -0.239. The van der Waals surface area contributed by atoms with Crippen molar-refractivity contribution in [3.8, 4) is 0 Å². The molecule has 5 nitrogen and oxygen atoms in total. The van der Waals surface area contributed by atoms with E-state index in [9.17, 15) is 19.4 Å². The van der Waals surface area contributed by atoms with Gasteiger partial charge >= 0.3 is 5.97 Å². The Kier molecular flexibility index (Phi) is 11.9. The van der Waals surface area contributed by atoms with Crippen LogP contribution in [0.5, 0.6) is 0 Å². The highest BCUT2D eigenvalue weighted by molar-refractivity contribution is 6.30. The summed E-state index contributed by atoms with van der Waals surface area (Å²) >= 11 is 6.27. The number of allylic oxidation sites excluding steroid dienone is 4. The SMILES string of the molecule is CC(C)[C@@H]1CC[C@]2([C@H](O)CN(CCN(C)C)Cc3ccc(Cl)cc3)CC[C@]3(C)[C@H](CC[C@@H]4[C@@]5(C)CC=C(C6=CC[C@](CF)(C(=O)O)CC6)C(C)(C)[C@@H]5CC[C@]43C)[C@@H]12. The van der Waals surface area contributed by atoms with Gasteiger partial charge in [0.2, 0.25) is 0 Å². The van der Waals surface area contributed by atoms with E-state index in [4.69, 9.17) is 11.6 Å². The van der Waals surface area contributed by atoms with Gasteiger partial charge in [-0.05, 0) is 177 Å². The maximum atomic E-state index is 14.1. The first-order chi connectivity index (χ1) is 26.8. The molecule has 0 saturated heterocycles. The van der Waals surface area contributed by atoms with E-state index in [-0.39, 0.29) is 39.6 Å². The Balaban J connectivity index is 1.16. The molecule has 1 aromatic carbocycles. The van der Waals surface area contributed by atoms with E-state index in [1.54, 1.807) is 0 Å². The first-order valence-corrected chi connectivity index (χ1v) is 23.1. The maximum Gasteiger partial charge on any atom is 0.312 e. The fraction of sp³-hybridized carbons (Fsp3) is 0.780. The van der Waals surface area contributed by atoms with E-state index >= 15 is 0 Å². The first kappa shape index (κ1) is 43.4. The summed E-state index contributed by atoms with van der Waals surface area (Å²) in [5.74, 6) is 2.58. The molecule has 7 heteroatoms. The van der Waals surface area contributed by atoms with Gasteiger partial charge in [0.15, 0.2) is 0 Å². The second-order valence-electron chi connectivity index (χ2n) is 22.3. The molecule has 6 aliphatic rings. The van der Waals surface area contributed by atoms with E-state index in [0.717, 1.165) is 43.9 Å². The fourth-order valence-electron chi connectivity index (χ4n) is 15.5. The summed E-state index contributed by atoms with van der Waals surface area (Å²) in [4.78, 5) is 16.8. The average molecular weight is 808 g/mol. The van der Waals surface area contributed by atoms with Crippen molar-refractivity contribution in [3.05, 3.63) is 58.1 Å². The Hall–Kier alpha value is -1.73. The van der Waals surface area contributed by atoms with Gasteiger partial charge in [-0.25, -0.2) is 4.39 Å². The van der Waals surface area contributed by atoms with Crippen LogP contribution in [0.2, 0.25) is 5.02 Å². The normalized spacial score (nSPS) is 40.5. The number of likely N-dealkylation sites (N-methyl/N-ethyl adjacent to an activating group) is 1. The minimum atomic E-state index is -1.26. The highest BCUT2D eigenvalue weighted by atomic mass is 35.5. The molecule has 4 saturated carbocycles. The number of aliphatic hydroxyl groups is 1. The molecule has 0 aliphatic heterocycles. The minimum absolute atomic E-state index is 0.0264. The van der Waals surface area contributed by atoms with Crippen LogP contribution in [-0.4, -0.2) is 72.5 Å². The largest absolute Gasteiger partial charge is 0.481 e. The Morgan fingerprint density at radius 3 is 2.21 bits per heavy atom. The van der Waals surface area contributed by atoms with Gasteiger partial charge in [-0.1, -0.05) is 84.4 Å². The number of carboxylic acids is 1. The number of alkyl halides is 1. The number of halogens is 2. The van der Waals surface area contributed by atoms with Gasteiger partial charge in [0, 0.05) is 36.6 Å². The van der Waals surface area contributed by atoms with E-state index in [0.29, 0.717) is 54.9 Å². The molecule has 57 heavy (non-hydrogen) atoms. The van der Waals surface area contributed by atoms with Gasteiger partial charge in [0.05, 0.1) is 11.5 Å². The van der Waals surface area contributed by atoms with Gasteiger partial charge < -0.3 is 15.1 Å². The van der Waals surface area contributed by atoms with Crippen molar-refractivity contribution >= 4 is 17.6 Å². The van der Waals surface area contributed by atoms with Crippen molar-refractivity contribution in [2.24, 2.45) is 68.0 Å². The van der Waals surface area contributed by atoms with Gasteiger partial charge in [0.25, 0.3) is 0 Å². The number of rotatable bonds is 12. The Labute approximate surface area is 350 Å². The third-order valence-corrected chi connectivity index (χ3v) is 19.2. The third-order valence-electron chi connectivity index (χ3n) is 18.9. The van der Waals surface area contributed by atoms with Crippen LogP contribution in [-0.2, 0) is 11.3 Å². The van der Waals surface area contributed by atoms with E-state index in [1.807, 2.05) is 12.1 Å². The number of carboxylic acid groups (broad SMARTS) is 1. The van der Waals surface area contributed by atoms with Crippen molar-refractivity contribution in [2.75, 3.05) is 40.4 Å². The monoisotopic (exact) mass is 807 g/mol. The van der Waals surface area contributed by atoms with Crippen LogP contribution in [0, 0.1) is 68.0 Å². The molecule has 4 fully saturated rings. The molecule has 6 aliphatic carbocycles. The minimum Gasteiger partial charge on any atom is -0.481 e. The molecule has 0 aromatic heterocycles. The zero-order valence-electron chi connectivity index (χ0n) is 37.0. The zero-order chi connectivity index (χ0) is 41.3. The predicted molar refractivity (Wildman–Crippen MR) is 232 cm³/mol. The Morgan fingerprint density at radius 1 is 0.877 bits per heavy atom. The molecule has 11 atom stereocenters. The highest BCUT2D eigenvalue weighted by Crippen LogP contribution is 2.78. The van der Waals surface area contributed by atoms with E-state index in [1.165, 1.54) is 55.2 Å². The number of aliphatic hydroxyl groups excluding tert-OH is 1. The molecule has 318 valence electrons. The second kappa shape index (κ2) is 15.6. The first-order valence-electron chi connectivity index (χ1n) is 22.8. The number of aliphatic carboxylic acids is 1. The van der Waals surface area contributed by atoms with Crippen LogP contribution >= 0.6 is 11.6 Å². The zero-order valence-corrected chi connectivity index (χ0v) is 37.7. The lowest BCUT2D eigenvalue weighted by Crippen LogP contribution is -2.66. The van der Waals surface area contributed by atoms with Crippen molar-refractivity contribution in [2.45, 2.75) is 138 Å². The molecular formula is C50H76ClFN2O3. The van der Waals surface area contributed by atoms with E-state index < -0.39 is 18.1 Å². The molecule has 2 N–H and O–H groups in total. The molecule has 0 radical (unpaired) electrons. The molecule has 0 unspecified atom stereocenters. The summed E-state index contributed by atoms with van der Waals surface area (Å²) < 4.78 is 14.1. The molecule has 0 bridgehead atoms. The summed E-state index contributed by atoms with van der Waals surface area (Å²) in [5, 5.41) is 23.4. The van der Waals surface area contributed by atoms with Crippen LogP contribution in [0.25, 0.3) is 0 Å². The van der Waals surface area contributed by atoms with Crippen LogP contribution in [0.4, 0.5) is 4.39 Å². The Morgan fingerprint density at radius 2 is 1.60 bits per heavy atom. The molecule has 0 amide bonds. The third kappa shape index (κ3) is 7.03. The molecule has 0 spiro atoms. The molecule has 7 rings (SSSR count). The molecule has 1 aromatic rings. The maximum absolute atomic E-state index is 14.1. The summed E-state index contributed by atoms with van der Waals surface area (Å²) in [6, 6.07) is 8.26. The van der Waals surface area contributed by atoms with Crippen molar-refractivity contribution in [1.82, 2.24) is 9.80 Å². The van der Waals surface area contributed by atoms with Crippen molar-refractivity contribution < 1.29 is 19.4 Å². The fourth-order valence-corrected chi connectivity index (χ4v) is 15.7.